The van der Waals surface area contributed by atoms with Crippen molar-refractivity contribution >= 4 is 22.6 Å². The van der Waals surface area contributed by atoms with Gasteiger partial charge in [-0.2, -0.15) is 0 Å². The molecule has 3 rings (SSSR count). The maximum atomic E-state index is 2.64. The van der Waals surface area contributed by atoms with Crippen LogP contribution in [0.3, 0.4) is 0 Å². The SMILES string of the molecule is CC(CI)CC(C)C[N+]12CCN(CC1)CC2. The smallest absolute Gasteiger partial charge is 0.0916 e. The molecule has 0 aromatic heterocycles. The van der Waals surface area contributed by atoms with Crippen molar-refractivity contribution in [1.29, 1.82) is 0 Å². The van der Waals surface area contributed by atoms with Gasteiger partial charge in [0.1, 0.15) is 0 Å². The molecule has 3 saturated heterocycles. The Kier molecular flexibility index (Phi) is 4.52. The van der Waals surface area contributed by atoms with Gasteiger partial charge in [-0.05, 0) is 12.3 Å². The third kappa shape index (κ3) is 3.10. The third-order valence-electron chi connectivity index (χ3n) is 4.44. The molecule has 0 aliphatic carbocycles. The molecule has 0 aromatic rings. The van der Waals surface area contributed by atoms with Crippen LogP contribution in [0.1, 0.15) is 20.3 Å². The number of piperazine rings is 3. The molecule has 3 aliphatic heterocycles. The predicted molar refractivity (Wildman–Crippen MR) is 78.0 cm³/mol. The van der Waals surface area contributed by atoms with Crippen molar-refractivity contribution < 1.29 is 4.48 Å². The Hall–Kier alpha value is 0.650. The van der Waals surface area contributed by atoms with Crippen molar-refractivity contribution in [2.45, 2.75) is 20.3 Å². The molecule has 2 atom stereocenters. The minimum absolute atomic E-state index is 0.903. The highest BCUT2D eigenvalue weighted by Crippen LogP contribution is 2.24. The molecule has 94 valence electrons. The zero-order valence-corrected chi connectivity index (χ0v) is 12.9. The molecule has 2 nitrogen and oxygen atoms in total. The fourth-order valence-electron chi connectivity index (χ4n) is 3.49. The molecule has 3 heterocycles. The van der Waals surface area contributed by atoms with Crippen LogP contribution in [0.25, 0.3) is 0 Å². The largest absolute Gasteiger partial charge is 0.320 e. The molecule has 2 unspecified atom stereocenters. The van der Waals surface area contributed by atoms with Gasteiger partial charge in [0.25, 0.3) is 0 Å². The molecule has 0 aromatic carbocycles. The van der Waals surface area contributed by atoms with Crippen molar-refractivity contribution in [2.75, 3.05) is 50.2 Å². The molecule has 3 heteroatoms. The zero-order valence-electron chi connectivity index (χ0n) is 10.8. The minimum Gasteiger partial charge on any atom is -0.320 e. The first kappa shape index (κ1) is 13.1. The summed E-state index contributed by atoms with van der Waals surface area (Å²) in [6.07, 6.45) is 1.42. The molecular weight excluding hydrogens is 311 g/mol. The number of hydrogen-bond donors (Lipinski definition) is 0. The van der Waals surface area contributed by atoms with Crippen LogP contribution in [0.15, 0.2) is 0 Å². The van der Waals surface area contributed by atoms with Crippen LogP contribution in [0.4, 0.5) is 0 Å². The first-order valence-electron chi connectivity index (χ1n) is 6.77. The van der Waals surface area contributed by atoms with E-state index in [1.165, 1.54) is 61.1 Å². The molecule has 0 radical (unpaired) electrons. The molecule has 0 N–H and O–H groups in total. The molecule has 16 heavy (non-hydrogen) atoms. The minimum atomic E-state index is 0.903. The van der Waals surface area contributed by atoms with Crippen molar-refractivity contribution in [1.82, 2.24) is 4.90 Å². The van der Waals surface area contributed by atoms with Gasteiger partial charge in [0.2, 0.25) is 0 Å². The number of nitrogens with zero attached hydrogens (tertiary/aromatic N) is 2. The molecule has 2 bridgehead atoms. The van der Waals surface area contributed by atoms with Gasteiger partial charge in [-0.25, -0.2) is 0 Å². The fraction of sp³-hybridized carbons (Fsp3) is 1.00. The Morgan fingerprint density at radius 3 is 2.12 bits per heavy atom. The van der Waals surface area contributed by atoms with Gasteiger partial charge in [-0.1, -0.05) is 36.4 Å². The molecule has 0 spiro atoms. The van der Waals surface area contributed by atoms with E-state index in [-0.39, 0.29) is 0 Å². The van der Waals surface area contributed by atoms with Gasteiger partial charge in [0.05, 0.1) is 26.2 Å². The van der Waals surface area contributed by atoms with Gasteiger partial charge in [0, 0.05) is 30.0 Å². The second-order valence-electron chi connectivity index (χ2n) is 6.14. The summed E-state index contributed by atoms with van der Waals surface area (Å²) in [6, 6.07) is 0. The van der Waals surface area contributed by atoms with Gasteiger partial charge in [-0.15, -0.1) is 0 Å². The van der Waals surface area contributed by atoms with Crippen molar-refractivity contribution in [3.63, 3.8) is 0 Å². The number of alkyl halides is 1. The summed E-state index contributed by atoms with van der Waals surface area (Å²) in [6.45, 7) is 14.6. The van der Waals surface area contributed by atoms with E-state index in [9.17, 15) is 0 Å². The van der Waals surface area contributed by atoms with E-state index in [4.69, 9.17) is 0 Å². The van der Waals surface area contributed by atoms with E-state index >= 15 is 0 Å². The average molecular weight is 337 g/mol. The van der Waals surface area contributed by atoms with Gasteiger partial charge in [-0.3, -0.25) is 4.90 Å². The number of quaternary nitrogens is 1. The van der Waals surface area contributed by atoms with E-state index in [0.717, 1.165) is 11.8 Å². The van der Waals surface area contributed by atoms with Gasteiger partial charge < -0.3 is 4.48 Å². The molecular formula is C13H26IN2+. The number of rotatable bonds is 5. The lowest BCUT2D eigenvalue weighted by Crippen LogP contribution is -2.68. The van der Waals surface area contributed by atoms with Crippen LogP contribution in [-0.4, -0.2) is 59.6 Å². The maximum absolute atomic E-state index is 2.64. The van der Waals surface area contributed by atoms with Crippen LogP contribution in [0.5, 0.6) is 0 Å². The summed E-state index contributed by atoms with van der Waals surface area (Å²) in [7, 11) is 0. The van der Waals surface area contributed by atoms with E-state index < -0.39 is 0 Å². The van der Waals surface area contributed by atoms with Gasteiger partial charge >= 0.3 is 0 Å². The Labute approximate surface area is 114 Å². The normalized spacial score (nSPS) is 37.3. The monoisotopic (exact) mass is 337 g/mol. The van der Waals surface area contributed by atoms with Crippen LogP contribution < -0.4 is 0 Å². The lowest BCUT2D eigenvalue weighted by molar-refractivity contribution is -0.943. The van der Waals surface area contributed by atoms with E-state index in [0.29, 0.717) is 0 Å². The Morgan fingerprint density at radius 2 is 1.62 bits per heavy atom. The Morgan fingerprint density at radius 1 is 1.06 bits per heavy atom. The standard InChI is InChI=1S/C13H26IN2/c1-12(10-14)9-13(2)11-16-6-3-15(4-7-16)5-8-16/h12-13H,3-11H2,1-2H3/q+1. The fourth-order valence-corrected chi connectivity index (χ4v) is 3.85. The lowest BCUT2D eigenvalue weighted by atomic mass is 9.96. The van der Waals surface area contributed by atoms with Gasteiger partial charge in [0.15, 0.2) is 0 Å². The highest BCUT2D eigenvalue weighted by molar-refractivity contribution is 14.1. The van der Waals surface area contributed by atoms with E-state index in [1.54, 1.807) is 0 Å². The van der Waals surface area contributed by atoms with Crippen LogP contribution in [-0.2, 0) is 0 Å². The summed E-state index contributed by atoms with van der Waals surface area (Å²) in [5.41, 5.74) is 0. The molecule has 3 aliphatic rings. The maximum Gasteiger partial charge on any atom is 0.0916 e. The quantitative estimate of drug-likeness (QED) is 0.423. The molecule has 3 fully saturated rings. The van der Waals surface area contributed by atoms with Crippen molar-refractivity contribution in [2.24, 2.45) is 11.8 Å². The van der Waals surface area contributed by atoms with E-state index in [1.807, 2.05) is 0 Å². The van der Waals surface area contributed by atoms with Crippen LogP contribution in [0.2, 0.25) is 0 Å². The Balaban J connectivity index is 1.83. The molecule has 0 amide bonds. The average Bonchev–Trinajstić information content (AvgIpc) is 2.30. The molecule has 0 saturated carbocycles. The van der Waals surface area contributed by atoms with E-state index in [2.05, 4.69) is 41.3 Å². The van der Waals surface area contributed by atoms with Crippen LogP contribution in [0, 0.1) is 11.8 Å². The predicted octanol–water partition coefficient (Wildman–Crippen LogP) is 2.23. The zero-order chi connectivity index (χ0) is 11.6. The third-order valence-corrected chi connectivity index (χ3v) is 5.94. The topological polar surface area (TPSA) is 3.24 Å². The second-order valence-corrected chi connectivity index (χ2v) is 7.02. The van der Waals surface area contributed by atoms with Crippen molar-refractivity contribution in [3.8, 4) is 0 Å². The van der Waals surface area contributed by atoms with Crippen molar-refractivity contribution in [3.05, 3.63) is 0 Å². The Bertz CT molecular complexity index is 210. The summed E-state index contributed by atoms with van der Waals surface area (Å²) >= 11 is 2.53. The number of fused-ring (bicyclic) bond motifs is 3. The summed E-state index contributed by atoms with van der Waals surface area (Å²) in [5.74, 6) is 1.81. The number of hydrogen-bond acceptors (Lipinski definition) is 1. The van der Waals surface area contributed by atoms with Crippen LogP contribution >= 0.6 is 22.6 Å². The highest BCUT2D eigenvalue weighted by Gasteiger charge is 2.39. The summed E-state index contributed by atoms with van der Waals surface area (Å²) in [4.78, 5) is 2.64. The first-order chi connectivity index (χ1) is 7.63. The highest BCUT2D eigenvalue weighted by atomic mass is 127. The second kappa shape index (κ2) is 5.53. The summed E-state index contributed by atoms with van der Waals surface area (Å²) in [5, 5.41) is 0. The first-order valence-corrected chi connectivity index (χ1v) is 8.29. The number of halogens is 1. The summed E-state index contributed by atoms with van der Waals surface area (Å²) < 4.78 is 2.75. The lowest BCUT2D eigenvalue weighted by Gasteiger charge is -2.51.